The summed E-state index contributed by atoms with van der Waals surface area (Å²) in [6.07, 6.45) is 4.12. The molecule has 0 bridgehead atoms. The lowest BCUT2D eigenvalue weighted by molar-refractivity contribution is -0.140. The molecule has 1 fully saturated rings. The fourth-order valence-corrected chi connectivity index (χ4v) is 3.31. The third-order valence-electron chi connectivity index (χ3n) is 4.70. The monoisotopic (exact) mass is 275 g/mol. The van der Waals surface area contributed by atoms with Crippen LogP contribution in [0.1, 0.15) is 56.6 Å². The SMILES string of the molecule is Cc1ccc(N)c(C(C(=O)O)C2CCC(C)(C)CC2)c1. The molecule has 0 aromatic heterocycles. The van der Waals surface area contributed by atoms with E-state index in [0.29, 0.717) is 11.1 Å². The largest absolute Gasteiger partial charge is 0.481 e. The van der Waals surface area contributed by atoms with Crippen LogP contribution in [0.4, 0.5) is 5.69 Å². The molecule has 20 heavy (non-hydrogen) atoms. The third kappa shape index (κ3) is 3.14. The van der Waals surface area contributed by atoms with Crippen LogP contribution in [0.15, 0.2) is 18.2 Å². The van der Waals surface area contributed by atoms with Crippen molar-refractivity contribution >= 4 is 11.7 Å². The summed E-state index contributed by atoms with van der Waals surface area (Å²) in [6.45, 7) is 6.51. The molecule has 1 unspecified atom stereocenters. The molecule has 1 aromatic rings. The molecule has 1 aliphatic carbocycles. The van der Waals surface area contributed by atoms with Crippen molar-refractivity contribution in [2.45, 2.75) is 52.4 Å². The van der Waals surface area contributed by atoms with E-state index in [4.69, 9.17) is 5.73 Å². The second-order valence-corrected chi connectivity index (χ2v) is 6.95. The summed E-state index contributed by atoms with van der Waals surface area (Å²) in [7, 11) is 0. The van der Waals surface area contributed by atoms with Gasteiger partial charge in [-0.05, 0) is 55.6 Å². The first-order chi connectivity index (χ1) is 9.30. The van der Waals surface area contributed by atoms with E-state index in [-0.39, 0.29) is 5.92 Å². The number of carbonyl (C=O) groups is 1. The molecule has 3 heteroatoms. The number of hydrogen-bond acceptors (Lipinski definition) is 2. The van der Waals surface area contributed by atoms with Gasteiger partial charge in [0.1, 0.15) is 0 Å². The van der Waals surface area contributed by atoms with Gasteiger partial charge in [-0.25, -0.2) is 0 Å². The Morgan fingerprint density at radius 3 is 2.50 bits per heavy atom. The van der Waals surface area contributed by atoms with Crippen LogP contribution >= 0.6 is 0 Å². The molecule has 110 valence electrons. The molecule has 0 aliphatic heterocycles. The molecule has 1 atom stereocenters. The molecule has 3 nitrogen and oxygen atoms in total. The van der Waals surface area contributed by atoms with Gasteiger partial charge in [-0.3, -0.25) is 4.79 Å². The fraction of sp³-hybridized carbons (Fsp3) is 0.588. The van der Waals surface area contributed by atoms with E-state index in [9.17, 15) is 9.90 Å². The Morgan fingerprint density at radius 1 is 1.35 bits per heavy atom. The van der Waals surface area contributed by atoms with Gasteiger partial charge in [-0.1, -0.05) is 31.5 Å². The normalized spacial score (nSPS) is 20.6. The number of hydrogen-bond donors (Lipinski definition) is 2. The highest BCUT2D eigenvalue weighted by atomic mass is 16.4. The lowest BCUT2D eigenvalue weighted by atomic mass is 9.68. The maximum atomic E-state index is 11.8. The number of benzene rings is 1. The van der Waals surface area contributed by atoms with Gasteiger partial charge in [0.05, 0.1) is 5.92 Å². The number of carboxylic acids is 1. The van der Waals surface area contributed by atoms with E-state index in [0.717, 1.165) is 36.8 Å². The Bertz CT molecular complexity index is 498. The van der Waals surface area contributed by atoms with E-state index >= 15 is 0 Å². The van der Waals surface area contributed by atoms with Crippen LogP contribution in [0, 0.1) is 18.3 Å². The van der Waals surface area contributed by atoms with Crippen LogP contribution in [0.3, 0.4) is 0 Å². The molecule has 0 amide bonds. The molecule has 0 radical (unpaired) electrons. The summed E-state index contributed by atoms with van der Waals surface area (Å²) in [6, 6.07) is 5.70. The Morgan fingerprint density at radius 2 is 1.95 bits per heavy atom. The fourth-order valence-electron chi connectivity index (χ4n) is 3.31. The Labute approximate surface area is 121 Å². The van der Waals surface area contributed by atoms with Crippen molar-refractivity contribution in [2.24, 2.45) is 11.3 Å². The highest BCUT2D eigenvalue weighted by molar-refractivity contribution is 5.79. The highest BCUT2D eigenvalue weighted by Crippen LogP contribution is 2.44. The standard InChI is InChI=1S/C17H25NO2/c1-11-4-5-14(18)13(10-11)15(16(19)20)12-6-8-17(2,3)9-7-12/h4-5,10,12,15H,6-9,18H2,1-3H3,(H,19,20). The first-order valence-corrected chi connectivity index (χ1v) is 7.39. The van der Waals surface area contributed by atoms with E-state index < -0.39 is 11.9 Å². The van der Waals surface area contributed by atoms with E-state index in [1.165, 1.54) is 0 Å². The van der Waals surface area contributed by atoms with Gasteiger partial charge in [0.2, 0.25) is 0 Å². The average Bonchev–Trinajstić information content (AvgIpc) is 2.35. The smallest absolute Gasteiger partial charge is 0.311 e. The number of aryl methyl sites for hydroxylation is 1. The zero-order valence-electron chi connectivity index (χ0n) is 12.6. The first kappa shape index (κ1) is 14.9. The summed E-state index contributed by atoms with van der Waals surface area (Å²) in [4.78, 5) is 11.8. The zero-order chi connectivity index (χ0) is 14.9. The molecule has 3 N–H and O–H groups in total. The van der Waals surface area contributed by atoms with Crippen molar-refractivity contribution in [1.29, 1.82) is 0 Å². The predicted octanol–water partition coefficient (Wildman–Crippen LogP) is 3.96. The topological polar surface area (TPSA) is 63.3 Å². The number of carboxylic acid groups (broad SMARTS) is 1. The van der Waals surface area contributed by atoms with Crippen LogP contribution in [0.2, 0.25) is 0 Å². The van der Waals surface area contributed by atoms with Crippen LogP contribution < -0.4 is 5.73 Å². The van der Waals surface area contributed by atoms with Crippen LogP contribution in [0.25, 0.3) is 0 Å². The van der Waals surface area contributed by atoms with Gasteiger partial charge in [-0.15, -0.1) is 0 Å². The Kier molecular flexibility index (Phi) is 4.07. The van der Waals surface area contributed by atoms with Gasteiger partial charge in [0.15, 0.2) is 0 Å². The lowest BCUT2D eigenvalue weighted by Gasteiger charge is -2.37. The Hall–Kier alpha value is -1.51. The second-order valence-electron chi connectivity index (χ2n) is 6.95. The molecule has 0 heterocycles. The van der Waals surface area contributed by atoms with Crippen LogP contribution in [0.5, 0.6) is 0 Å². The van der Waals surface area contributed by atoms with Gasteiger partial charge < -0.3 is 10.8 Å². The van der Waals surface area contributed by atoms with E-state index in [1.54, 1.807) is 0 Å². The third-order valence-corrected chi connectivity index (χ3v) is 4.70. The summed E-state index contributed by atoms with van der Waals surface area (Å²) in [5.41, 5.74) is 8.83. The van der Waals surface area contributed by atoms with Gasteiger partial charge >= 0.3 is 5.97 Å². The number of aliphatic carboxylic acids is 1. The summed E-state index contributed by atoms with van der Waals surface area (Å²) in [5.74, 6) is -1.01. The van der Waals surface area contributed by atoms with E-state index in [1.807, 2.05) is 25.1 Å². The first-order valence-electron chi connectivity index (χ1n) is 7.39. The quantitative estimate of drug-likeness (QED) is 0.821. The molecular formula is C17H25NO2. The zero-order valence-corrected chi connectivity index (χ0v) is 12.6. The summed E-state index contributed by atoms with van der Waals surface area (Å²) >= 11 is 0. The van der Waals surface area contributed by atoms with Crippen molar-refractivity contribution in [3.63, 3.8) is 0 Å². The maximum absolute atomic E-state index is 11.8. The molecule has 1 aromatic carbocycles. The summed E-state index contributed by atoms with van der Waals surface area (Å²) in [5, 5.41) is 9.67. The van der Waals surface area contributed by atoms with Crippen LogP contribution in [-0.2, 0) is 4.79 Å². The minimum absolute atomic E-state index is 0.199. The molecule has 1 aliphatic rings. The number of anilines is 1. The molecule has 0 saturated heterocycles. The maximum Gasteiger partial charge on any atom is 0.311 e. The molecular weight excluding hydrogens is 250 g/mol. The molecule has 1 saturated carbocycles. The number of nitrogens with two attached hydrogens (primary N) is 1. The van der Waals surface area contributed by atoms with Crippen molar-refractivity contribution in [2.75, 3.05) is 5.73 Å². The number of nitrogen functional groups attached to an aromatic ring is 1. The lowest BCUT2D eigenvalue weighted by Crippen LogP contribution is -2.29. The van der Waals surface area contributed by atoms with Crippen molar-refractivity contribution in [1.82, 2.24) is 0 Å². The van der Waals surface area contributed by atoms with Gasteiger partial charge in [0.25, 0.3) is 0 Å². The molecule has 2 rings (SSSR count). The van der Waals surface area contributed by atoms with Crippen molar-refractivity contribution in [3.05, 3.63) is 29.3 Å². The van der Waals surface area contributed by atoms with Gasteiger partial charge in [0, 0.05) is 5.69 Å². The van der Waals surface area contributed by atoms with Crippen molar-refractivity contribution < 1.29 is 9.90 Å². The summed E-state index contributed by atoms with van der Waals surface area (Å²) < 4.78 is 0. The van der Waals surface area contributed by atoms with Gasteiger partial charge in [-0.2, -0.15) is 0 Å². The highest BCUT2D eigenvalue weighted by Gasteiger charge is 2.36. The van der Waals surface area contributed by atoms with E-state index in [2.05, 4.69) is 13.8 Å². The average molecular weight is 275 g/mol. The van der Waals surface area contributed by atoms with Crippen LogP contribution in [-0.4, -0.2) is 11.1 Å². The van der Waals surface area contributed by atoms with Crippen molar-refractivity contribution in [3.8, 4) is 0 Å². The molecule has 0 spiro atoms. The Balaban J connectivity index is 2.28. The number of rotatable bonds is 3. The minimum atomic E-state index is -0.744. The second kappa shape index (κ2) is 5.47. The predicted molar refractivity (Wildman–Crippen MR) is 81.7 cm³/mol. The minimum Gasteiger partial charge on any atom is -0.481 e.